The number of likely N-dealkylation sites (N-methyl/N-ethyl adjacent to an activating group) is 1. The van der Waals surface area contributed by atoms with E-state index in [4.69, 9.17) is 14.2 Å². The summed E-state index contributed by atoms with van der Waals surface area (Å²) < 4.78 is 16.1. The minimum atomic E-state index is 0.411. The van der Waals surface area contributed by atoms with Gasteiger partial charge in [0.2, 0.25) is 0 Å². The molecule has 0 amide bonds. The Bertz CT molecular complexity index is 149. The molecule has 1 saturated heterocycles. The van der Waals surface area contributed by atoms with Gasteiger partial charge in [-0.1, -0.05) is 0 Å². The highest BCUT2D eigenvalue weighted by atomic mass is 16.5. The molecule has 0 aromatic carbocycles. The van der Waals surface area contributed by atoms with E-state index in [1.54, 1.807) is 0 Å². The predicted molar refractivity (Wildman–Crippen MR) is 59.1 cm³/mol. The van der Waals surface area contributed by atoms with E-state index in [-0.39, 0.29) is 0 Å². The fourth-order valence-corrected chi connectivity index (χ4v) is 1.80. The van der Waals surface area contributed by atoms with Crippen molar-refractivity contribution in [2.24, 2.45) is 5.92 Å². The molecule has 2 unspecified atom stereocenters. The second-order valence-electron chi connectivity index (χ2n) is 3.79. The maximum Gasteiger partial charge on any atom is 0.0701 e. The molecule has 15 heavy (non-hydrogen) atoms. The Kier molecular flexibility index (Phi) is 6.92. The zero-order valence-electron chi connectivity index (χ0n) is 9.83. The van der Waals surface area contributed by atoms with Gasteiger partial charge in [0.25, 0.3) is 0 Å². The van der Waals surface area contributed by atoms with Crippen LogP contribution in [0.3, 0.4) is 0 Å². The number of hydrogen-bond donors (Lipinski definition) is 1. The number of ether oxygens (including phenoxy) is 3. The summed E-state index contributed by atoms with van der Waals surface area (Å²) in [4.78, 5) is 0. The van der Waals surface area contributed by atoms with Crippen LogP contribution in [0.15, 0.2) is 0 Å². The molecule has 2 atom stereocenters. The van der Waals surface area contributed by atoms with E-state index in [2.05, 4.69) is 5.32 Å². The zero-order valence-corrected chi connectivity index (χ0v) is 9.83. The first-order valence-electron chi connectivity index (χ1n) is 5.79. The van der Waals surface area contributed by atoms with Crippen molar-refractivity contribution in [3.63, 3.8) is 0 Å². The van der Waals surface area contributed by atoms with Crippen LogP contribution >= 0.6 is 0 Å². The number of rotatable bonds is 8. The van der Waals surface area contributed by atoms with Gasteiger partial charge < -0.3 is 19.5 Å². The summed E-state index contributed by atoms with van der Waals surface area (Å²) in [6.45, 7) is 6.62. The summed E-state index contributed by atoms with van der Waals surface area (Å²) in [7, 11) is 1.98. The van der Waals surface area contributed by atoms with Gasteiger partial charge in [0.1, 0.15) is 0 Å². The monoisotopic (exact) mass is 217 g/mol. The molecule has 0 spiro atoms. The van der Waals surface area contributed by atoms with Gasteiger partial charge in [-0.2, -0.15) is 0 Å². The van der Waals surface area contributed by atoms with Crippen LogP contribution in [0.4, 0.5) is 0 Å². The van der Waals surface area contributed by atoms with E-state index in [0.29, 0.717) is 25.2 Å². The summed E-state index contributed by atoms with van der Waals surface area (Å²) in [5.74, 6) is 0.599. The largest absolute Gasteiger partial charge is 0.381 e. The number of hydrogen-bond acceptors (Lipinski definition) is 4. The third-order valence-corrected chi connectivity index (χ3v) is 2.78. The van der Waals surface area contributed by atoms with E-state index in [1.807, 2.05) is 14.0 Å². The summed E-state index contributed by atoms with van der Waals surface area (Å²) in [5, 5.41) is 3.29. The molecular weight excluding hydrogens is 194 g/mol. The molecule has 0 aliphatic carbocycles. The normalized spacial score (nSPS) is 23.2. The molecule has 0 bridgehead atoms. The predicted octanol–water partition coefficient (Wildman–Crippen LogP) is 0.664. The minimum absolute atomic E-state index is 0.411. The summed E-state index contributed by atoms with van der Waals surface area (Å²) in [6.07, 6.45) is 1.14. The fourth-order valence-electron chi connectivity index (χ4n) is 1.80. The van der Waals surface area contributed by atoms with E-state index in [9.17, 15) is 0 Å². The van der Waals surface area contributed by atoms with Crippen molar-refractivity contribution in [3.8, 4) is 0 Å². The van der Waals surface area contributed by atoms with Crippen LogP contribution in [0.25, 0.3) is 0 Å². The Balaban J connectivity index is 2.05. The third-order valence-electron chi connectivity index (χ3n) is 2.78. The van der Waals surface area contributed by atoms with Gasteiger partial charge in [-0.05, 0) is 20.4 Å². The van der Waals surface area contributed by atoms with Crippen molar-refractivity contribution >= 4 is 0 Å². The molecule has 1 rings (SSSR count). The van der Waals surface area contributed by atoms with Crippen LogP contribution in [0.1, 0.15) is 13.3 Å². The Hall–Kier alpha value is -0.160. The van der Waals surface area contributed by atoms with E-state index >= 15 is 0 Å². The molecule has 0 aromatic heterocycles. The average molecular weight is 217 g/mol. The van der Waals surface area contributed by atoms with Crippen molar-refractivity contribution in [1.82, 2.24) is 5.32 Å². The molecule has 1 N–H and O–H groups in total. The quantitative estimate of drug-likeness (QED) is 0.606. The van der Waals surface area contributed by atoms with Crippen molar-refractivity contribution in [2.75, 3.05) is 46.7 Å². The minimum Gasteiger partial charge on any atom is -0.381 e. The summed E-state index contributed by atoms with van der Waals surface area (Å²) >= 11 is 0. The van der Waals surface area contributed by atoms with Gasteiger partial charge in [-0.15, -0.1) is 0 Å². The van der Waals surface area contributed by atoms with Crippen molar-refractivity contribution in [3.05, 3.63) is 0 Å². The average Bonchev–Trinajstić information content (AvgIpc) is 2.77. The molecule has 1 fully saturated rings. The maximum absolute atomic E-state index is 5.56. The van der Waals surface area contributed by atoms with Gasteiger partial charge in [0.05, 0.1) is 26.4 Å². The van der Waals surface area contributed by atoms with Gasteiger partial charge in [0, 0.05) is 25.2 Å². The van der Waals surface area contributed by atoms with Crippen LogP contribution in [-0.4, -0.2) is 52.7 Å². The lowest BCUT2D eigenvalue weighted by molar-refractivity contribution is 0.0358. The lowest BCUT2D eigenvalue weighted by Gasteiger charge is -2.21. The van der Waals surface area contributed by atoms with Crippen LogP contribution in [0.2, 0.25) is 0 Å². The lowest BCUT2D eigenvalue weighted by atomic mass is 10.0. The lowest BCUT2D eigenvalue weighted by Crippen LogP contribution is -2.38. The standard InChI is InChI=1S/C11H23NO3/c1-3-13-6-7-15-9-11(12-2)10-4-5-14-8-10/h10-12H,3-9H2,1-2H3. The van der Waals surface area contributed by atoms with E-state index in [1.165, 1.54) is 0 Å². The summed E-state index contributed by atoms with van der Waals surface area (Å²) in [6, 6.07) is 0.411. The molecule has 1 heterocycles. The van der Waals surface area contributed by atoms with E-state index in [0.717, 1.165) is 32.8 Å². The smallest absolute Gasteiger partial charge is 0.0701 e. The second kappa shape index (κ2) is 8.05. The first-order chi connectivity index (χ1) is 7.38. The van der Waals surface area contributed by atoms with Crippen molar-refractivity contribution < 1.29 is 14.2 Å². The number of nitrogens with one attached hydrogen (secondary N) is 1. The Morgan fingerprint density at radius 2 is 2.20 bits per heavy atom. The SMILES string of the molecule is CCOCCOCC(NC)C1CCOC1. The molecule has 0 aromatic rings. The zero-order chi connectivity index (χ0) is 10.9. The molecule has 90 valence electrons. The molecule has 0 radical (unpaired) electrons. The van der Waals surface area contributed by atoms with Crippen molar-refractivity contribution in [2.45, 2.75) is 19.4 Å². The highest BCUT2D eigenvalue weighted by Crippen LogP contribution is 2.16. The topological polar surface area (TPSA) is 39.7 Å². The van der Waals surface area contributed by atoms with Crippen LogP contribution < -0.4 is 5.32 Å². The molecule has 0 saturated carbocycles. The molecular formula is C11H23NO3. The van der Waals surface area contributed by atoms with Crippen LogP contribution in [0.5, 0.6) is 0 Å². The molecule has 1 aliphatic heterocycles. The second-order valence-corrected chi connectivity index (χ2v) is 3.79. The molecule has 4 nitrogen and oxygen atoms in total. The Morgan fingerprint density at radius 1 is 1.40 bits per heavy atom. The highest BCUT2D eigenvalue weighted by Gasteiger charge is 2.24. The first-order valence-corrected chi connectivity index (χ1v) is 5.79. The van der Waals surface area contributed by atoms with Gasteiger partial charge >= 0.3 is 0 Å². The Morgan fingerprint density at radius 3 is 2.80 bits per heavy atom. The van der Waals surface area contributed by atoms with Gasteiger partial charge in [-0.3, -0.25) is 0 Å². The van der Waals surface area contributed by atoms with Gasteiger partial charge in [0.15, 0.2) is 0 Å². The molecule has 1 aliphatic rings. The van der Waals surface area contributed by atoms with E-state index < -0.39 is 0 Å². The maximum atomic E-state index is 5.56. The first kappa shape index (κ1) is 12.9. The molecule has 4 heteroatoms. The highest BCUT2D eigenvalue weighted by molar-refractivity contribution is 4.77. The fraction of sp³-hybridized carbons (Fsp3) is 1.00. The van der Waals surface area contributed by atoms with Crippen LogP contribution in [0, 0.1) is 5.92 Å². The summed E-state index contributed by atoms with van der Waals surface area (Å²) in [5.41, 5.74) is 0. The Labute approximate surface area is 92.3 Å². The third kappa shape index (κ3) is 4.93. The van der Waals surface area contributed by atoms with Crippen molar-refractivity contribution in [1.29, 1.82) is 0 Å². The van der Waals surface area contributed by atoms with Crippen LogP contribution in [-0.2, 0) is 14.2 Å². The van der Waals surface area contributed by atoms with Gasteiger partial charge in [-0.25, -0.2) is 0 Å².